The van der Waals surface area contributed by atoms with Gasteiger partial charge in [0.25, 0.3) is 0 Å². The predicted molar refractivity (Wildman–Crippen MR) is 222 cm³/mol. The van der Waals surface area contributed by atoms with Gasteiger partial charge in [0.15, 0.2) is 5.82 Å². The summed E-state index contributed by atoms with van der Waals surface area (Å²) in [6.07, 6.45) is 0. The van der Waals surface area contributed by atoms with Gasteiger partial charge >= 0.3 is 0 Å². The second-order valence-corrected chi connectivity index (χ2v) is 15.3. The van der Waals surface area contributed by atoms with Crippen molar-refractivity contribution in [3.8, 4) is 45.2 Å². The number of hydrogen-bond acceptors (Lipinski definition) is 5. The molecule has 0 radical (unpaired) electrons. The van der Waals surface area contributed by atoms with E-state index < -0.39 is 0 Å². The summed E-state index contributed by atoms with van der Waals surface area (Å²) in [5.74, 6) is 0.721. The van der Waals surface area contributed by atoms with Crippen molar-refractivity contribution < 1.29 is 0 Å². The maximum atomic E-state index is 5.19. The van der Waals surface area contributed by atoms with E-state index in [1.807, 2.05) is 40.9 Å². The fourth-order valence-electron chi connectivity index (χ4n) is 7.59. The number of pyridine rings is 1. The van der Waals surface area contributed by atoms with Crippen molar-refractivity contribution in [2.45, 2.75) is 0 Å². The molecule has 52 heavy (non-hydrogen) atoms. The van der Waals surface area contributed by atoms with Crippen LogP contribution in [-0.4, -0.2) is 15.0 Å². The third kappa shape index (κ3) is 4.67. The molecule has 5 heteroatoms. The monoisotopic (exact) mass is 697 g/mol. The third-order valence-electron chi connectivity index (χ3n) is 10.1. The number of nitrogens with zero attached hydrogens (tertiary/aromatic N) is 3. The van der Waals surface area contributed by atoms with Crippen molar-refractivity contribution >= 4 is 84.7 Å². The minimum absolute atomic E-state index is 0.721. The van der Waals surface area contributed by atoms with Crippen molar-refractivity contribution in [2.24, 2.45) is 0 Å². The number of rotatable bonds is 4. The molecule has 0 aliphatic carbocycles. The minimum atomic E-state index is 0.721. The molecule has 3 nitrogen and oxygen atoms in total. The molecule has 11 aromatic rings. The van der Waals surface area contributed by atoms with Gasteiger partial charge in [0.1, 0.15) is 0 Å². The molecule has 0 fully saturated rings. The summed E-state index contributed by atoms with van der Waals surface area (Å²) in [5, 5.41) is 8.67. The molecule has 0 amide bonds. The highest BCUT2D eigenvalue weighted by Gasteiger charge is 2.18. The molecule has 7 aromatic carbocycles. The maximum Gasteiger partial charge on any atom is 0.160 e. The van der Waals surface area contributed by atoms with Crippen LogP contribution in [-0.2, 0) is 0 Å². The molecule has 0 bridgehead atoms. The average molecular weight is 698 g/mol. The molecule has 4 heterocycles. The molecule has 0 aliphatic heterocycles. The molecule has 242 valence electrons. The third-order valence-corrected chi connectivity index (χ3v) is 12.4. The molecule has 0 atom stereocenters. The van der Waals surface area contributed by atoms with Gasteiger partial charge in [0.05, 0.1) is 22.6 Å². The van der Waals surface area contributed by atoms with Crippen LogP contribution in [0, 0.1) is 0 Å². The Labute approximate surface area is 307 Å². The molecule has 4 aromatic heterocycles. The van der Waals surface area contributed by atoms with E-state index in [-0.39, 0.29) is 0 Å². The van der Waals surface area contributed by atoms with Gasteiger partial charge < -0.3 is 0 Å². The Hall–Kier alpha value is -6.27. The molecule has 0 N–H and O–H groups in total. The Balaban J connectivity index is 1.12. The Morgan fingerprint density at radius 3 is 1.79 bits per heavy atom. The van der Waals surface area contributed by atoms with Crippen molar-refractivity contribution in [3.63, 3.8) is 0 Å². The summed E-state index contributed by atoms with van der Waals surface area (Å²) < 4.78 is 5.09. The first-order valence-electron chi connectivity index (χ1n) is 17.3. The maximum absolute atomic E-state index is 5.19. The molecular weight excluding hydrogens is 671 g/mol. The molecule has 0 spiro atoms. The molecule has 0 saturated heterocycles. The lowest BCUT2D eigenvalue weighted by Gasteiger charge is -2.11. The SMILES string of the molecule is c1ccc(-c2nc(-c3ccc4c(c3)sc3ccccc34)cc(-c3ccc4sc5c(ccc6c(-c7ccccc7)nc7ccccc7c65)c4c3)n2)cc1. The van der Waals surface area contributed by atoms with E-state index >= 15 is 0 Å². The van der Waals surface area contributed by atoms with Crippen LogP contribution in [0.1, 0.15) is 0 Å². The smallest absolute Gasteiger partial charge is 0.160 e. The second kappa shape index (κ2) is 11.6. The Kier molecular flexibility index (Phi) is 6.59. The Morgan fingerprint density at radius 2 is 0.962 bits per heavy atom. The first-order valence-corrected chi connectivity index (χ1v) is 19.0. The van der Waals surface area contributed by atoms with Crippen LogP contribution in [0.4, 0.5) is 0 Å². The van der Waals surface area contributed by atoms with E-state index in [1.54, 1.807) is 0 Å². The predicted octanol–water partition coefficient (Wildman–Crippen LogP) is 13.6. The highest BCUT2D eigenvalue weighted by Crippen LogP contribution is 2.44. The lowest BCUT2D eigenvalue weighted by atomic mass is 9.97. The molecule has 11 rings (SSSR count). The van der Waals surface area contributed by atoms with Crippen LogP contribution in [0.5, 0.6) is 0 Å². The van der Waals surface area contributed by atoms with Gasteiger partial charge in [-0.3, -0.25) is 0 Å². The summed E-state index contributed by atoms with van der Waals surface area (Å²) in [7, 11) is 0. The lowest BCUT2D eigenvalue weighted by molar-refractivity contribution is 1.18. The quantitative estimate of drug-likeness (QED) is 0.172. The normalized spacial score (nSPS) is 11.8. The van der Waals surface area contributed by atoms with Crippen molar-refractivity contribution in [3.05, 3.63) is 164 Å². The lowest BCUT2D eigenvalue weighted by Crippen LogP contribution is -1.95. The van der Waals surface area contributed by atoms with Crippen LogP contribution >= 0.6 is 22.7 Å². The van der Waals surface area contributed by atoms with E-state index in [1.165, 1.54) is 56.5 Å². The number of fused-ring (bicyclic) bond motifs is 10. The number of para-hydroxylation sites is 1. The zero-order chi connectivity index (χ0) is 34.2. The van der Waals surface area contributed by atoms with E-state index in [4.69, 9.17) is 15.0 Å². The van der Waals surface area contributed by atoms with Crippen LogP contribution in [0.25, 0.3) is 107 Å². The van der Waals surface area contributed by atoms with Gasteiger partial charge in [-0.05, 0) is 36.4 Å². The van der Waals surface area contributed by atoms with Gasteiger partial charge in [-0.15, -0.1) is 22.7 Å². The standard InChI is InChI=1S/C47H27N3S2/c1-3-11-28(12-4-1)45-36-23-22-34-37-25-30(20-24-42(37)52-46(34)44(36)35-16-7-9-17-38(35)48-45)39-27-40(50-47(49-39)29-13-5-2-6-14-29)31-19-21-33-32-15-8-10-18-41(32)51-43(33)26-31/h1-27H. The van der Waals surface area contributed by atoms with Crippen LogP contribution in [0.3, 0.4) is 0 Å². The Bertz CT molecular complexity index is 3180. The van der Waals surface area contributed by atoms with Gasteiger partial charge in [0, 0.05) is 78.8 Å². The van der Waals surface area contributed by atoms with E-state index in [0.717, 1.165) is 50.7 Å². The highest BCUT2D eigenvalue weighted by atomic mass is 32.1. The number of thiophene rings is 2. The number of benzene rings is 7. The fourth-order valence-corrected chi connectivity index (χ4v) is 9.98. The van der Waals surface area contributed by atoms with Crippen molar-refractivity contribution in [1.29, 1.82) is 0 Å². The summed E-state index contributed by atoms with van der Waals surface area (Å²) in [5.41, 5.74) is 8.13. The zero-order valence-electron chi connectivity index (χ0n) is 27.7. The fraction of sp³-hybridized carbons (Fsp3) is 0. The molecular formula is C47H27N3S2. The topological polar surface area (TPSA) is 38.7 Å². The van der Waals surface area contributed by atoms with Crippen LogP contribution in [0.2, 0.25) is 0 Å². The second-order valence-electron chi connectivity index (χ2n) is 13.2. The summed E-state index contributed by atoms with van der Waals surface area (Å²) in [4.78, 5) is 15.5. The first kappa shape index (κ1) is 29.5. The van der Waals surface area contributed by atoms with E-state index in [0.29, 0.717) is 0 Å². The van der Waals surface area contributed by atoms with Gasteiger partial charge in [-0.2, -0.15) is 0 Å². The highest BCUT2D eigenvalue weighted by molar-refractivity contribution is 7.27. The zero-order valence-corrected chi connectivity index (χ0v) is 29.4. The molecule has 0 aliphatic rings. The Morgan fingerprint density at radius 1 is 0.346 bits per heavy atom. The van der Waals surface area contributed by atoms with Gasteiger partial charge in [-0.25, -0.2) is 15.0 Å². The minimum Gasteiger partial charge on any atom is -0.247 e. The van der Waals surface area contributed by atoms with Crippen LogP contribution in [0.15, 0.2) is 164 Å². The largest absolute Gasteiger partial charge is 0.247 e. The first-order chi connectivity index (χ1) is 25.7. The van der Waals surface area contributed by atoms with Crippen molar-refractivity contribution in [1.82, 2.24) is 15.0 Å². The molecule has 0 saturated carbocycles. The summed E-state index contributed by atoms with van der Waals surface area (Å²) >= 11 is 3.69. The summed E-state index contributed by atoms with van der Waals surface area (Å²) in [6.45, 7) is 0. The average Bonchev–Trinajstić information content (AvgIpc) is 3.78. The number of aromatic nitrogens is 3. The van der Waals surface area contributed by atoms with Gasteiger partial charge in [-0.1, -0.05) is 127 Å². The van der Waals surface area contributed by atoms with Crippen LogP contribution < -0.4 is 0 Å². The van der Waals surface area contributed by atoms with E-state index in [9.17, 15) is 0 Å². The van der Waals surface area contributed by atoms with Gasteiger partial charge in [0.2, 0.25) is 0 Å². The summed E-state index contributed by atoms with van der Waals surface area (Å²) in [6, 6.07) is 58.2. The van der Waals surface area contributed by atoms with Crippen molar-refractivity contribution in [2.75, 3.05) is 0 Å². The van der Waals surface area contributed by atoms with E-state index in [2.05, 4.69) is 146 Å². The molecule has 0 unspecified atom stereocenters. The number of hydrogen-bond donors (Lipinski definition) is 0.